The molecule has 9 heteroatoms. The maximum absolute atomic E-state index is 12.5. The Morgan fingerprint density at radius 1 is 1.10 bits per heavy atom. The maximum atomic E-state index is 12.5. The number of amides is 1. The number of sulfonamides is 1. The zero-order valence-corrected chi connectivity index (χ0v) is 18.7. The Hall–Kier alpha value is -2.23. The van der Waals surface area contributed by atoms with Crippen molar-refractivity contribution in [2.45, 2.75) is 39.0 Å². The van der Waals surface area contributed by atoms with Gasteiger partial charge in [-0.25, -0.2) is 13.2 Å². The van der Waals surface area contributed by atoms with Crippen LogP contribution in [0.4, 0.5) is 5.69 Å². The zero-order chi connectivity index (χ0) is 21.6. The molecule has 1 N–H and O–H groups in total. The third-order valence-corrected chi connectivity index (χ3v) is 7.78. The molecule has 2 rings (SSSR count). The van der Waals surface area contributed by atoms with Crippen molar-refractivity contribution in [1.82, 2.24) is 4.31 Å². The first kappa shape index (κ1) is 23.1. The average Bonchev–Trinajstić information content (AvgIpc) is 3.08. The van der Waals surface area contributed by atoms with Gasteiger partial charge in [0.1, 0.15) is 4.88 Å². The molecule has 0 spiro atoms. The Morgan fingerprint density at radius 2 is 1.72 bits per heavy atom. The number of anilines is 1. The first-order chi connectivity index (χ1) is 13.7. The summed E-state index contributed by atoms with van der Waals surface area (Å²) >= 11 is 1.37. The van der Waals surface area contributed by atoms with Crippen LogP contribution in [-0.2, 0) is 26.0 Å². The SMILES string of the molecule is CCc1sc(C(=O)OCC(=O)Nc2ccc(S(=O)(=O)N(CC)CC)cc2)cc1C. The van der Waals surface area contributed by atoms with Crippen molar-refractivity contribution < 1.29 is 22.7 Å². The highest BCUT2D eigenvalue weighted by atomic mass is 32.2. The number of hydrogen-bond donors (Lipinski definition) is 1. The van der Waals surface area contributed by atoms with E-state index < -0.39 is 28.5 Å². The third-order valence-electron chi connectivity index (χ3n) is 4.36. The van der Waals surface area contributed by atoms with E-state index in [0.29, 0.717) is 23.7 Å². The molecule has 1 aromatic heterocycles. The average molecular weight is 439 g/mol. The maximum Gasteiger partial charge on any atom is 0.348 e. The molecule has 0 aliphatic carbocycles. The molecule has 0 saturated carbocycles. The van der Waals surface area contributed by atoms with Gasteiger partial charge in [0, 0.05) is 23.7 Å². The Balaban J connectivity index is 1.94. The van der Waals surface area contributed by atoms with Gasteiger partial charge in [-0.3, -0.25) is 4.79 Å². The Morgan fingerprint density at radius 3 is 2.24 bits per heavy atom. The van der Waals surface area contributed by atoms with Crippen molar-refractivity contribution in [1.29, 1.82) is 0 Å². The molecule has 0 bridgehead atoms. The van der Waals surface area contributed by atoms with Crippen molar-refractivity contribution in [3.63, 3.8) is 0 Å². The minimum atomic E-state index is -3.55. The summed E-state index contributed by atoms with van der Waals surface area (Å²) < 4.78 is 31.4. The summed E-state index contributed by atoms with van der Waals surface area (Å²) in [4.78, 5) is 25.9. The number of carbonyl (C=O) groups excluding carboxylic acids is 2. The number of nitrogens with one attached hydrogen (secondary N) is 1. The molecule has 29 heavy (non-hydrogen) atoms. The van der Waals surface area contributed by atoms with Crippen LogP contribution >= 0.6 is 11.3 Å². The molecule has 1 aromatic carbocycles. The van der Waals surface area contributed by atoms with Gasteiger partial charge in [0.05, 0.1) is 4.90 Å². The smallest absolute Gasteiger partial charge is 0.348 e. The molecule has 0 saturated heterocycles. The second-order valence-corrected chi connectivity index (χ2v) is 9.38. The molecule has 0 atom stereocenters. The molecular formula is C20H26N2O5S2. The number of thiophene rings is 1. The van der Waals surface area contributed by atoms with Crippen molar-refractivity contribution in [3.8, 4) is 0 Å². The predicted octanol–water partition coefficient (Wildman–Crippen LogP) is 3.44. The van der Waals surface area contributed by atoms with E-state index in [2.05, 4.69) is 5.32 Å². The molecule has 0 unspecified atom stereocenters. The molecule has 2 aromatic rings. The summed E-state index contributed by atoms with van der Waals surface area (Å²) in [5.41, 5.74) is 1.46. The lowest BCUT2D eigenvalue weighted by atomic mass is 10.2. The minimum Gasteiger partial charge on any atom is -0.451 e. The Bertz CT molecular complexity index is 961. The van der Waals surface area contributed by atoms with Crippen molar-refractivity contribution >= 4 is 38.9 Å². The van der Waals surface area contributed by atoms with E-state index in [1.165, 1.54) is 39.9 Å². The summed E-state index contributed by atoms with van der Waals surface area (Å²) in [6, 6.07) is 7.66. The molecule has 1 heterocycles. The van der Waals surface area contributed by atoms with Crippen molar-refractivity contribution in [2.75, 3.05) is 25.0 Å². The fourth-order valence-corrected chi connectivity index (χ4v) is 5.26. The van der Waals surface area contributed by atoms with Crippen molar-refractivity contribution in [2.24, 2.45) is 0 Å². The third kappa shape index (κ3) is 5.65. The van der Waals surface area contributed by atoms with E-state index in [4.69, 9.17) is 4.74 Å². The second kappa shape index (κ2) is 10.00. The quantitative estimate of drug-likeness (QED) is 0.606. The molecule has 1 amide bonds. The number of aryl methyl sites for hydroxylation is 2. The van der Waals surface area contributed by atoms with Crippen LogP contribution in [0.3, 0.4) is 0 Å². The van der Waals surface area contributed by atoms with E-state index >= 15 is 0 Å². The monoisotopic (exact) mass is 438 g/mol. The van der Waals surface area contributed by atoms with Crippen LogP contribution in [0.2, 0.25) is 0 Å². The second-order valence-electron chi connectivity index (χ2n) is 6.31. The number of carbonyl (C=O) groups is 2. The van der Waals surface area contributed by atoms with E-state index in [1.807, 2.05) is 13.8 Å². The van der Waals surface area contributed by atoms with Gasteiger partial charge in [0.2, 0.25) is 10.0 Å². The summed E-state index contributed by atoms with van der Waals surface area (Å²) in [5, 5.41) is 2.59. The number of esters is 1. The van der Waals surface area contributed by atoms with Crippen LogP contribution in [0, 0.1) is 6.92 Å². The molecular weight excluding hydrogens is 412 g/mol. The molecule has 158 valence electrons. The largest absolute Gasteiger partial charge is 0.451 e. The van der Waals surface area contributed by atoms with Gasteiger partial charge in [-0.05, 0) is 49.2 Å². The zero-order valence-electron chi connectivity index (χ0n) is 17.0. The number of hydrogen-bond acceptors (Lipinski definition) is 6. The van der Waals surface area contributed by atoms with Gasteiger partial charge in [-0.1, -0.05) is 20.8 Å². The van der Waals surface area contributed by atoms with Crippen LogP contribution in [0.25, 0.3) is 0 Å². The summed E-state index contributed by atoms with van der Waals surface area (Å²) in [6.07, 6.45) is 0.838. The van der Waals surface area contributed by atoms with Crippen LogP contribution < -0.4 is 5.32 Å². The lowest BCUT2D eigenvalue weighted by molar-refractivity contribution is -0.119. The Labute approximate surface area is 175 Å². The summed E-state index contributed by atoms with van der Waals surface area (Å²) in [7, 11) is -3.55. The van der Waals surface area contributed by atoms with Crippen molar-refractivity contribution in [3.05, 3.63) is 45.6 Å². The van der Waals surface area contributed by atoms with Crippen LogP contribution in [0.5, 0.6) is 0 Å². The van der Waals surface area contributed by atoms with Gasteiger partial charge >= 0.3 is 5.97 Å². The molecule has 0 fully saturated rings. The lowest BCUT2D eigenvalue weighted by Crippen LogP contribution is -2.30. The van der Waals surface area contributed by atoms with Gasteiger partial charge in [-0.15, -0.1) is 11.3 Å². The van der Waals surface area contributed by atoms with E-state index in [9.17, 15) is 18.0 Å². The normalized spacial score (nSPS) is 11.5. The molecule has 0 aliphatic rings. The van der Waals surface area contributed by atoms with Crippen LogP contribution in [-0.4, -0.2) is 44.3 Å². The van der Waals surface area contributed by atoms with Crippen LogP contribution in [0.15, 0.2) is 35.2 Å². The van der Waals surface area contributed by atoms with E-state index in [0.717, 1.165) is 16.9 Å². The van der Waals surface area contributed by atoms with Gasteiger partial charge in [-0.2, -0.15) is 4.31 Å². The Kier molecular flexibility index (Phi) is 7.95. The first-order valence-corrected chi connectivity index (χ1v) is 11.6. The number of ether oxygens (including phenoxy) is 1. The molecule has 0 radical (unpaired) electrons. The highest BCUT2D eigenvalue weighted by molar-refractivity contribution is 7.89. The van der Waals surface area contributed by atoms with Gasteiger partial charge < -0.3 is 10.1 Å². The molecule has 7 nitrogen and oxygen atoms in total. The fraction of sp³-hybridized carbons (Fsp3) is 0.400. The van der Waals surface area contributed by atoms with Gasteiger partial charge in [0.15, 0.2) is 6.61 Å². The lowest BCUT2D eigenvalue weighted by Gasteiger charge is -2.18. The number of benzene rings is 1. The predicted molar refractivity (Wildman–Crippen MR) is 114 cm³/mol. The number of nitrogens with zero attached hydrogens (tertiary/aromatic N) is 1. The van der Waals surface area contributed by atoms with E-state index in [-0.39, 0.29) is 4.90 Å². The number of rotatable bonds is 9. The highest BCUT2D eigenvalue weighted by Crippen LogP contribution is 2.23. The minimum absolute atomic E-state index is 0.158. The fourth-order valence-electron chi connectivity index (χ4n) is 2.79. The van der Waals surface area contributed by atoms with E-state index in [1.54, 1.807) is 19.9 Å². The van der Waals surface area contributed by atoms with Crippen LogP contribution in [0.1, 0.15) is 40.9 Å². The summed E-state index contributed by atoms with van der Waals surface area (Å²) in [5.74, 6) is -1.03. The molecule has 0 aliphatic heterocycles. The highest BCUT2D eigenvalue weighted by Gasteiger charge is 2.21. The summed E-state index contributed by atoms with van der Waals surface area (Å²) in [6.45, 7) is 7.84. The standard InChI is InChI=1S/C20H26N2O5S2/c1-5-17-14(4)12-18(28-17)20(24)27-13-19(23)21-15-8-10-16(11-9-15)29(25,26)22(6-2)7-3/h8-12H,5-7,13H2,1-4H3,(H,21,23). The van der Waals surface area contributed by atoms with Gasteiger partial charge in [0.25, 0.3) is 5.91 Å². The first-order valence-electron chi connectivity index (χ1n) is 9.39. The topological polar surface area (TPSA) is 92.8 Å².